The van der Waals surface area contributed by atoms with Gasteiger partial charge < -0.3 is 9.84 Å². The molecule has 4 aromatic rings. The monoisotopic (exact) mass is 367 g/mol. The number of hydrogen-bond acceptors (Lipinski definition) is 7. The predicted octanol–water partition coefficient (Wildman–Crippen LogP) is 2.68. The van der Waals surface area contributed by atoms with Crippen molar-refractivity contribution < 1.29 is 12.9 Å². The molecule has 8 nitrogen and oxygen atoms in total. The van der Waals surface area contributed by atoms with E-state index in [2.05, 4.69) is 20.4 Å². The summed E-state index contributed by atoms with van der Waals surface area (Å²) >= 11 is 0. The van der Waals surface area contributed by atoms with Crippen LogP contribution in [0.3, 0.4) is 0 Å². The number of rotatable bonds is 4. The lowest BCUT2D eigenvalue weighted by molar-refractivity contribution is 0.420. The average Bonchev–Trinajstić information content (AvgIpc) is 3.15. The average molecular weight is 367 g/mol. The number of nitrogens with zero attached hydrogens (tertiary/aromatic N) is 3. The molecule has 130 valence electrons. The SMILES string of the molecule is NS(=O)(=O)c1ccc(Nc2ncc3cccc(-c4cnoc4)c3n2)cc1. The van der Waals surface area contributed by atoms with Crippen molar-refractivity contribution in [2.75, 3.05) is 5.32 Å². The topological polar surface area (TPSA) is 124 Å². The van der Waals surface area contributed by atoms with Crippen LogP contribution >= 0.6 is 0 Å². The zero-order chi connectivity index (χ0) is 18.1. The summed E-state index contributed by atoms with van der Waals surface area (Å²) in [7, 11) is -3.73. The Morgan fingerprint density at radius 1 is 1.04 bits per heavy atom. The maximum Gasteiger partial charge on any atom is 0.238 e. The molecule has 0 aliphatic carbocycles. The molecule has 0 aliphatic heterocycles. The molecule has 0 saturated carbocycles. The van der Waals surface area contributed by atoms with E-state index < -0.39 is 10.0 Å². The first-order valence-corrected chi connectivity index (χ1v) is 9.11. The number of nitrogens with two attached hydrogens (primary N) is 1. The highest BCUT2D eigenvalue weighted by molar-refractivity contribution is 7.89. The predicted molar refractivity (Wildman–Crippen MR) is 96.1 cm³/mol. The number of fused-ring (bicyclic) bond motifs is 1. The maximum absolute atomic E-state index is 11.3. The van der Waals surface area contributed by atoms with Crippen molar-refractivity contribution in [1.82, 2.24) is 15.1 Å². The molecule has 26 heavy (non-hydrogen) atoms. The fourth-order valence-corrected chi connectivity index (χ4v) is 3.06. The Balaban J connectivity index is 1.70. The van der Waals surface area contributed by atoms with Gasteiger partial charge in [-0.25, -0.2) is 23.5 Å². The molecular formula is C17H13N5O3S. The fourth-order valence-electron chi connectivity index (χ4n) is 2.54. The molecular weight excluding hydrogens is 354 g/mol. The quantitative estimate of drug-likeness (QED) is 0.568. The van der Waals surface area contributed by atoms with Gasteiger partial charge in [-0.15, -0.1) is 0 Å². The molecule has 2 heterocycles. The van der Waals surface area contributed by atoms with E-state index in [1.807, 2.05) is 18.2 Å². The number of sulfonamides is 1. The smallest absolute Gasteiger partial charge is 0.238 e. The first kappa shape index (κ1) is 16.2. The Morgan fingerprint density at radius 2 is 1.85 bits per heavy atom. The molecule has 2 aromatic carbocycles. The Labute approximate surface area is 148 Å². The largest absolute Gasteiger partial charge is 0.364 e. The van der Waals surface area contributed by atoms with E-state index in [0.29, 0.717) is 11.6 Å². The Morgan fingerprint density at radius 3 is 2.54 bits per heavy atom. The standard InChI is InChI=1S/C17H13N5O3S/c18-26(23,24)14-6-4-13(5-7-14)21-17-19-8-11-2-1-3-15(16(11)22-17)12-9-20-25-10-12/h1-10H,(H2,18,23,24)(H,19,21,22). The van der Waals surface area contributed by atoms with E-state index in [9.17, 15) is 8.42 Å². The number of hydrogen-bond donors (Lipinski definition) is 2. The van der Waals surface area contributed by atoms with Crippen molar-refractivity contribution in [2.45, 2.75) is 4.90 Å². The third-order valence-corrected chi connectivity index (χ3v) is 4.72. The molecule has 0 fully saturated rings. The number of primary sulfonamides is 1. The number of anilines is 2. The van der Waals surface area contributed by atoms with Gasteiger partial charge in [-0.3, -0.25) is 0 Å². The molecule has 9 heteroatoms. The summed E-state index contributed by atoms with van der Waals surface area (Å²) in [6, 6.07) is 11.8. The molecule has 0 saturated heterocycles. The molecule has 4 rings (SSSR count). The second-order valence-corrected chi connectivity index (χ2v) is 7.11. The van der Waals surface area contributed by atoms with Crippen molar-refractivity contribution in [3.8, 4) is 11.1 Å². The first-order chi connectivity index (χ1) is 12.5. The van der Waals surface area contributed by atoms with Crippen LogP contribution < -0.4 is 10.5 Å². The number of benzene rings is 2. The summed E-state index contributed by atoms with van der Waals surface area (Å²) < 4.78 is 27.6. The van der Waals surface area contributed by atoms with Crippen LogP contribution in [0.5, 0.6) is 0 Å². The summed E-state index contributed by atoms with van der Waals surface area (Å²) in [5.41, 5.74) is 3.07. The Bertz CT molecular complexity index is 1170. The van der Waals surface area contributed by atoms with E-state index >= 15 is 0 Å². The normalized spacial score (nSPS) is 11.6. The van der Waals surface area contributed by atoms with Gasteiger partial charge in [0.15, 0.2) is 0 Å². The molecule has 0 bridgehead atoms. The first-order valence-electron chi connectivity index (χ1n) is 7.56. The van der Waals surface area contributed by atoms with Gasteiger partial charge in [-0.2, -0.15) is 0 Å². The summed E-state index contributed by atoms with van der Waals surface area (Å²) in [5.74, 6) is 0.379. The summed E-state index contributed by atoms with van der Waals surface area (Å²) in [5, 5.41) is 12.8. The summed E-state index contributed by atoms with van der Waals surface area (Å²) in [4.78, 5) is 8.89. The number of nitrogens with one attached hydrogen (secondary N) is 1. The lowest BCUT2D eigenvalue weighted by Gasteiger charge is -2.08. The van der Waals surface area contributed by atoms with Gasteiger partial charge in [0.2, 0.25) is 16.0 Å². The highest BCUT2D eigenvalue weighted by Crippen LogP contribution is 2.27. The van der Waals surface area contributed by atoms with Crippen LogP contribution in [0.15, 0.2) is 70.5 Å². The van der Waals surface area contributed by atoms with Gasteiger partial charge >= 0.3 is 0 Å². The van der Waals surface area contributed by atoms with Crippen molar-refractivity contribution in [3.05, 3.63) is 61.1 Å². The van der Waals surface area contributed by atoms with Crippen LogP contribution in [-0.4, -0.2) is 23.5 Å². The second-order valence-electron chi connectivity index (χ2n) is 5.54. The zero-order valence-electron chi connectivity index (χ0n) is 13.3. The van der Waals surface area contributed by atoms with Gasteiger partial charge in [0, 0.05) is 28.4 Å². The molecule has 0 atom stereocenters. The second kappa shape index (κ2) is 6.21. The van der Waals surface area contributed by atoms with Crippen LogP contribution in [0.25, 0.3) is 22.0 Å². The molecule has 0 unspecified atom stereocenters. The van der Waals surface area contributed by atoms with Crippen LogP contribution in [0.4, 0.5) is 11.6 Å². The van der Waals surface area contributed by atoms with E-state index in [0.717, 1.165) is 22.0 Å². The minimum Gasteiger partial charge on any atom is -0.364 e. The van der Waals surface area contributed by atoms with E-state index in [-0.39, 0.29) is 4.90 Å². The van der Waals surface area contributed by atoms with Crippen LogP contribution in [-0.2, 0) is 10.0 Å². The summed E-state index contributed by atoms with van der Waals surface area (Å²) in [6.45, 7) is 0. The van der Waals surface area contributed by atoms with Crippen LogP contribution in [0.1, 0.15) is 0 Å². The molecule has 0 aliphatic rings. The summed E-state index contributed by atoms with van der Waals surface area (Å²) in [6.07, 6.45) is 4.88. The molecule has 3 N–H and O–H groups in total. The molecule has 2 aromatic heterocycles. The van der Waals surface area contributed by atoms with E-state index in [1.54, 1.807) is 30.8 Å². The van der Waals surface area contributed by atoms with Gasteiger partial charge in [-0.1, -0.05) is 23.4 Å². The van der Waals surface area contributed by atoms with Crippen molar-refractivity contribution in [1.29, 1.82) is 0 Å². The van der Waals surface area contributed by atoms with E-state index in [1.165, 1.54) is 12.1 Å². The minimum atomic E-state index is -3.73. The lowest BCUT2D eigenvalue weighted by atomic mass is 10.1. The van der Waals surface area contributed by atoms with Gasteiger partial charge in [0.25, 0.3) is 0 Å². The minimum absolute atomic E-state index is 0.0391. The number of aromatic nitrogens is 3. The zero-order valence-corrected chi connectivity index (χ0v) is 14.1. The van der Waals surface area contributed by atoms with Gasteiger partial charge in [0.1, 0.15) is 6.26 Å². The Kier molecular flexibility index (Phi) is 3.86. The van der Waals surface area contributed by atoms with Gasteiger partial charge in [0.05, 0.1) is 16.6 Å². The van der Waals surface area contributed by atoms with Crippen molar-refractivity contribution in [2.24, 2.45) is 5.14 Å². The number of para-hydroxylation sites is 1. The molecule has 0 amide bonds. The third-order valence-electron chi connectivity index (χ3n) is 3.79. The highest BCUT2D eigenvalue weighted by atomic mass is 32.2. The van der Waals surface area contributed by atoms with Crippen LogP contribution in [0.2, 0.25) is 0 Å². The lowest BCUT2D eigenvalue weighted by Crippen LogP contribution is -2.11. The highest BCUT2D eigenvalue weighted by Gasteiger charge is 2.10. The molecule has 0 spiro atoms. The third kappa shape index (κ3) is 3.13. The Hall–Kier alpha value is -3.30. The molecule has 0 radical (unpaired) electrons. The van der Waals surface area contributed by atoms with Crippen molar-refractivity contribution >= 4 is 32.6 Å². The maximum atomic E-state index is 11.3. The van der Waals surface area contributed by atoms with Gasteiger partial charge in [-0.05, 0) is 24.3 Å². The van der Waals surface area contributed by atoms with Crippen LogP contribution in [0, 0.1) is 0 Å². The fraction of sp³-hybridized carbons (Fsp3) is 0. The van der Waals surface area contributed by atoms with E-state index in [4.69, 9.17) is 9.66 Å². The van der Waals surface area contributed by atoms with Crippen molar-refractivity contribution in [3.63, 3.8) is 0 Å².